The molecule has 2 aromatic carbocycles. The van der Waals surface area contributed by atoms with E-state index in [1.54, 1.807) is 25.2 Å². The zero-order valence-electron chi connectivity index (χ0n) is 18.4. The summed E-state index contributed by atoms with van der Waals surface area (Å²) in [5, 5.41) is 1.35. The first-order valence-electron chi connectivity index (χ1n) is 10.7. The maximum Gasteiger partial charge on any atom is 0.253 e. The smallest absolute Gasteiger partial charge is 0.253 e. The molecule has 0 N–H and O–H groups in total. The standard InChI is InChI=1S/C24H28N2O6/c1-29-21-10-8-18(22(13-21)30-2)14-25-15-19(9-11-23(25)27)24(28)26-20(16-31-32-26)12-17-6-4-3-5-7-17/h3-8,10,13,19-20H,9,11-12,14-16H2,1-2H3. The van der Waals surface area contributed by atoms with E-state index in [-0.39, 0.29) is 23.8 Å². The molecule has 0 spiro atoms. The first-order chi connectivity index (χ1) is 15.6. The number of likely N-dealkylation sites (tertiary alicyclic amines) is 1. The topological polar surface area (TPSA) is 77.5 Å². The fraction of sp³-hybridized carbons (Fsp3) is 0.417. The molecular formula is C24H28N2O6. The Balaban J connectivity index is 1.43. The third-order valence-electron chi connectivity index (χ3n) is 5.96. The van der Waals surface area contributed by atoms with Crippen LogP contribution in [0.4, 0.5) is 0 Å². The van der Waals surface area contributed by atoms with Crippen molar-refractivity contribution in [1.29, 1.82) is 0 Å². The Bertz CT molecular complexity index is 951. The van der Waals surface area contributed by atoms with Gasteiger partial charge in [-0.25, -0.2) is 4.89 Å². The van der Waals surface area contributed by atoms with Crippen LogP contribution in [0.3, 0.4) is 0 Å². The summed E-state index contributed by atoms with van der Waals surface area (Å²) in [4.78, 5) is 37.9. The molecule has 2 atom stereocenters. The van der Waals surface area contributed by atoms with Gasteiger partial charge in [-0.3, -0.25) is 9.59 Å². The van der Waals surface area contributed by atoms with Gasteiger partial charge in [0.15, 0.2) is 0 Å². The van der Waals surface area contributed by atoms with Crippen molar-refractivity contribution in [3.63, 3.8) is 0 Å². The zero-order valence-corrected chi connectivity index (χ0v) is 18.4. The van der Waals surface area contributed by atoms with Gasteiger partial charge in [0.1, 0.15) is 18.1 Å². The van der Waals surface area contributed by atoms with E-state index in [0.717, 1.165) is 11.1 Å². The second-order valence-corrected chi connectivity index (χ2v) is 8.05. The number of ether oxygens (including phenoxy) is 2. The monoisotopic (exact) mass is 440 g/mol. The number of hydroxylamine groups is 2. The molecule has 2 heterocycles. The van der Waals surface area contributed by atoms with E-state index in [1.165, 1.54) is 5.06 Å². The molecular weight excluding hydrogens is 412 g/mol. The Labute approximate surface area is 187 Å². The lowest BCUT2D eigenvalue weighted by molar-refractivity contribution is -0.359. The van der Waals surface area contributed by atoms with Crippen molar-refractivity contribution in [3.05, 3.63) is 59.7 Å². The number of nitrogens with zero attached hydrogens (tertiary/aromatic N) is 2. The van der Waals surface area contributed by atoms with Crippen LogP contribution in [0.25, 0.3) is 0 Å². The summed E-state index contributed by atoms with van der Waals surface area (Å²) in [6.45, 7) is 1.00. The summed E-state index contributed by atoms with van der Waals surface area (Å²) in [7, 11) is 3.17. The highest BCUT2D eigenvalue weighted by Gasteiger charge is 2.39. The zero-order chi connectivity index (χ0) is 22.5. The molecule has 2 fully saturated rings. The first-order valence-corrected chi connectivity index (χ1v) is 10.7. The van der Waals surface area contributed by atoms with Crippen molar-refractivity contribution in [2.45, 2.75) is 31.8 Å². The Morgan fingerprint density at radius 1 is 1.12 bits per heavy atom. The molecule has 170 valence electrons. The molecule has 2 amide bonds. The summed E-state index contributed by atoms with van der Waals surface area (Å²) in [5.74, 6) is 0.843. The van der Waals surface area contributed by atoms with Gasteiger partial charge >= 0.3 is 0 Å². The van der Waals surface area contributed by atoms with Crippen LogP contribution in [0.1, 0.15) is 24.0 Å². The lowest BCUT2D eigenvalue weighted by Crippen LogP contribution is -2.48. The van der Waals surface area contributed by atoms with Gasteiger partial charge in [-0.15, -0.1) is 4.99 Å². The number of rotatable bonds is 7. The third kappa shape index (κ3) is 4.87. The van der Waals surface area contributed by atoms with Gasteiger partial charge in [0.2, 0.25) is 5.91 Å². The van der Waals surface area contributed by atoms with Crippen LogP contribution < -0.4 is 9.47 Å². The quantitative estimate of drug-likeness (QED) is 0.616. The van der Waals surface area contributed by atoms with Crippen LogP contribution in [0.5, 0.6) is 11.5 Å². The highest BCUT2D eigenvalue weighted by molar-refractivity contribution is 5.83. The molecule has 2 aliphatic heterocycles. The SMILES string of the molecule is COc1ccc(CN2CC(C(=O)N3OOCC3Cc3ccccc3)CCC2=O)c(OC)c1. The second kappa shape index (κ2) is 10.0. The minimum absolute atomic E-state index is 0.0198. The summed E-state index contributed by atoms with van der Waals surface area (Å²) >= 11 is 0. The van der Waals surface area contributed by atoms with E-state index < -0.39 is 0 Å². The van der Waals surface area contributed by atoms with Gasteiger partial charge in [-0.2, -0.15) is 5.06 Å². The van der Waals surface area contributed by atoms with Crippen molar-refractivity contribution in [2.24, 2.45) is 5.92 Å². The Morgan fingerprint density at radius 3 is 2.69 bits per heavy atom. The average molecular weight is 440 g/mol. The molecule has 4 rings (SSSR count). The van der Waals surface area contributed by atoms with Crippen molar-refractivity contribution >= 4 is 11.8 Å². The van der Waals surface area contributed by atoms with Gasteiger partial charge in [-0.05, 0) is 30.5 Å². The molecule has 2 aromatic rings. The number of methoxy groups -OCH3 is 2. The Morgan fingerprint density at radius 2 is 1.94 bits per heavy atom. The largest absolute Gasteiger partial charge is 0.497 e. The van der Waals surface area contributed by atoms with Gasteiger partial charge in [0, 0.05) is 31.1 Å². The molecule has 2 saturated heterocycles. The predicted molar refractivity (Wildman–Crippen MR) is 116 cm³/mol. The predicted octanol–water partition coefficient (Wildman–Crippen LogP) is 2.76. The van der Waals surface area contributed by atoms with E-state index in [9.17, 15) is 9.59 Å². The molecule has 2 aliphatic rings. The Hall–Kier alpha value is -3.10. The first kappa shape index (κ1) is 22.1. The van der Waals surface area contributed by atoms with Crippen molar-refractivity contribution in [1.82, 2.24) is 9.96 Å². The Kier molecular flexibility index (Phi) is 6.92. The maximum absolute atomic E-state index is 13.3. The second-order valence-electron chi connectivity index (χ2n) is 8.05. The van der Waals surface area contributed by atoms with E-state index in [2.05, 4.69) is 0 Å². The van der Waals surface area contributed by atoms with Gasteiger partial charge in [0.05, 0.1) is 26.2 Å². The number of carbonyl (C=O) groups is 2. The van der Waals surface area contributed by atoms with Crippen molar-refractivity contribution < 1.29 is 28.9 Å². The summed E-state index contributed by atoms with van der Waals surface area (Å²) in [5.41, 5.74) is 1.97. The van der Waals surface area contributed by atoms with Crippen LogP contribution in [0, 0.1) is 5.92 Å². The van der Waals surface area contributed by atoms with Gasteiger partial charge < -0.3 is 14.4 Å². The maximum atomic E-state index is 13.3. The molecule has 2 unspecified atom stereocenters. The molecule has 8 heteroatoms. The van der Waals surface area contributed by atoms with Gasteiger partial charge in [0.25, 0.3) is 5.91 Å². The van der Waals surface area contributed by atoms with E-state index in [1.807, 2.05) is 42.5 Å². The van der Waals surface area contributed by atoms with Crippen LogP contribution in [0.15, 0.2) is 48.5 Å². The van der Waals surface area contributed by atoms with Crippen LogP contribution in [-0.4, -0.2) is 55.2 Å². The van der Waals surface area contributed by atoms with Crippen LogP contribution in [-0.2, 0) is 32.4 Å². The average Bonchev–Trinajstić information content (AvgIpc) is 3.29. The number of benzene rings is 2. The lowest BCUT2D eigenvalue weighted by Gasteiger charge is -2.34. The van der Waals surface area contributed by atoms with E-state index in [4.69, 9.17) is 19.3 Å². The van der Waals surface area contributed by atoms with Gasteiger partial charge in [-0.1, -0.05) is 30.3 Å². The van der Waals surface area contributed by atoms with Crippen molar-refractivity contribution in [3.8, 4) is 11.5 Å². The molecule has 0 aromatic heterocycles. The third-order valence-corrected chi connectivity index (χ3v) is 5.96. The number of piperidine rings is 1. The fourth-order valence-corrected chi connectivity index (χ4v) is 4.18. The fourth-order valence-electron chi connectivity index (χ4n) is 4.18. The van der Waals surface area contributed by atoms with E-state index in [0.29, 0.717) is 50.5 Å². The number of hydrogen-bond acceptors (Lipinski definition) is 6. The minimum atomic E-state index is -0.350. The highest BCUT2D eigenvalue weighted by Crippen LogP contribution is 2.29. The summed E-state index contributed by atoms with van der Waals surface area (Å²) < 4.78 is 10.7. The van der Waals surface area contributed by atoms with E-state index >= 15 is 0 Å². The molecule has 0 radical (unpaired) electrons. The lowest BCUT2D eigenvalue weighted by atomic mass is 9.95. The highest BCUT2D eigenvalue weighted by atomic mass is 17.3. The summed E-state index contributed by atoms with van der Waals surface area (Å²) in [6.07, 6.45) is 1.45. The number of carbonyl (C=O) groups excluding carboxylic acids is 2. The normalized spacial score (nSPS) is 21.0. The molecule has 0 saturated carbocycles. The minimum Gasteiger partial charge on any atom is -0.497 e. The van der Waals surface area contributed by atoms with Crippen molar-refractivity contribution in [2.75, 3.05) is 27.4 Å². The number of amides is 2. The number of hydrogen-bond donors (Lipinski definition) is 0. The summed E-state index contributed by atoms with van der Waals surface area (Å²) in [6, 6.07) is 15.2. The molecule has 32 heavy (non-hydrogen) atoms. The molecule has 0 aliphatic carbocycles. The van der Waals surface area contributed by atoms with Crippen LogP contribution in [0.2, 0.25) is 0 Å². The molecule has 8 nitrogen and oxygen atoms in total. The van der Waals surface area contributed by atoms with Crippen LogP contribution >= 0.6 is 0 Å². The molecule has 0 bridgehead atoms.